The summed E-state index contributed by atoms with van der Waals surface area (Å²) in [6.07, 6.45) is 3.31. The highest BCUT2D eigenvalue weighted by molar-refractivity contribution is 7.92. The van der Waals surface area contributed by atoms with E-state index in [-0.39, 0.29) is 17.4 Å². The largest absolute Gasteiger partial charge is 0.484 e. The van der Waals surface area contributed by atoms with Crippen LogP contribution in [0.1, 0.15) is 36.5 Å². The Labute approximate surface area is 196 Å². The van der Waals surface area contributed by atoms with Crippen LogP contribution in [0.3, 0.4) is 0 Å². The molecule has 0 fully saturated rings. The molecule has 7 heteroatoms. The van der Waals surface area contributed by atoms with Crippen molar-refractivity contribution >= 4 is 27.3 Å². The van der Waals surface area contributed by atoms with Gasteiger partial charge in [-0.1, -0.05) is 37.6 Å². The lowest BCUT2D eigenvalue weighted by molar-refractivity contribution is -0.118. The van der Waals surface area contributed by atoms with Crippen LogP contribution in [0.5, 0.6) is 5.75 Å². The van der Waals surface area contributed by atoms with Gasteiger partial charge in [0.25, 0.3) is 15.9 Å². The zero-order valence-electron chi connectivity index (χ0n) is 19.2. The standard InChI is InChI=1S/C26H30N2O4S/c1-4-5-6-21-9-11-22(12-10-21)27-26(29)18-32-23-13-15-24(16-14-23)33(30,31)28-25-17-19(2)7-8-20(25)3/h7-17,28H,4-6,18H2,1-3H3,(H,27,29). The molecule has 0 heterocycles. The van der Waals surface area contributed by atoms with Gasteiger partial charge in [0.05, 0.1) is 10.6 Å². The van der Waals surface area contributed by atoms with Gasteiger partial charge in [-0.25, -0.2) is 8.42 Å². The zero-order chi connectivity index (χ0) is 23.8. The Morgan fingerprint density at radius 2 is 1.64 bits per heavy atom. The minimum absolute atomic E-state index is 0.114. The van der Waals surface area contributed by atoms with E-state index in [0.29, 0.717) is 17.1 Å². The first-order valence-corrected chi connectivity index (χ1v) is 12.5. The minimum atomic E-state index is -3.74. The van der Waals surface area contributed by atoms with E-state index in [4.69, 9.17) is 4.74 Å². The number of hydrogen-bond acceptors (Lipinski definition) is 4. The second-order valence-electron chi connectivity index (χ2n) is 8.03. The molecule has 174 valence electrons. The molecule has 3 aromatic rings. The van der Waals surface area contributed by atoms with Crippen molar-refractivity contribution in [2.45, 2.75) is 44.9 Å². The molecular weight excluding hydrogens is 436 g/mol. The maximum absolute atomic E-state index is 12.7. The molecule has 0 spiro atoms. The van der Waals surface area contributed by atoms with Crippen LogP contribution in [0.4, 0.5) is 11.4 Å². The Morgan fingerprint density at radius 1 is 0.939 bits per heavy atom. The quantitative estimate of drug-likeness (QED) is 0.415. The third-order valence-electron chi connectivity index (χ3n) is 5.20. The molecule has 0 aromatic heterocycles. The Kier molecular flexibility index (Phi) is 8.11. The van der Waals surface area contributed by atoms with Crippen LogP contribution in [-0.4, -0.2) is 20.9 Å². The summed E-state index contributed by atoms with van der Waals surface area (Å²) in [4.78, 5) is 12.3. The van der Waals surface area contributed by atoms with Crippen LogP contribution in [-0.2, 0) is 21.2 Å². The molecule has 0 aliphatic carbocycles. The molecule has 0 saturated heterocycles. The third kappa shape index (κ3) is 7.08. The van der Waals surface area contributed by atoms with Crippen LogP contribution >= 0.6 is 0 Å². The molecule has 0 aliphatic heterocycles. The number of amides is 1. The number of carbonyl (C=O) groups excluding carboxylic acids is 1. The molecule has 0 radical (unpaired) electrons. The molecule has 0 bridgehead atoms. The summed E-state index contributed by atoms with van der Waals surface area (Å²) >= 11 is 0. The van der Waals surface area contributed by atoms with Gasteiger partial charge >= 0.3 is 0 Å². The van der Waals surface area contributed by atoms with Crippen molar-refractivity contribution in [2.75, 3.05) is 16.6 Å². The summed E-state index contributed by atoms with van der Waals surface area (Å²) in [6, 6.07) is 19.4. The van der Waals surface area contributed by atoms with E-state index in [9.17, 15) is 13.2 Å². The van der Waals surface area contributed by atoms with Crippen molar-refractivity contribution in [2.24, 2.45) is 0 Å². The average molecular weight is 467 g/mol. The van der Waals surface area contributed by atoms with Gasteiger partial charge in [-0.15, -0.1) is 0 Å². The summed E-state index contributed by atoms with van der Waals surface area (Å²) in [6.45, 7) is 5.73. The number of unbranched alkanes of at least 4 members (excludes halogenated alkanes) is 1. The van der Waals surface area contributed by atoms with Crippen molar-refractivity contribution < 1.29 is 17.9 Å². The second-order valence-corrected chi connectivity index (χ2v) is 9.72. The van der Waals surface area contributed by atoms with Gasteiger partial charge in [0.15, 0.2) is 6.61 Å². The van der Waals surface area contributed by atoms with Gasteiger partial charge in [-0.3, -0.25) is 9.52 Å². The molecular formula is C26H30N2O4S. The van der Waals surface area contributed by atoms with E-state index >= 15 is 0 Å². The van der Waals surface area contributed by atoms with Gasteiger partial charge in [-0.2, -0.15) is 0 Å². The van der Waals surface area contributed by atoms with Crippen LogP contribution in [0.15, 0.2) is 71.6 Å². The highest BCUT2D eigenvalue weighted by Gasteiger charge is 2.15. The second kappa shape index (κ2) is 11.0. The van der Waals surface area contributed by atoms with E-state index < -0.39 is 10.0 Å². The Bertz CT molecular complexity index is 1190. The fourth-order valence-corrected chi connectivity index (χ4v) is 4.37. The van der Waals surface area contributed by atoms with Crippen LogP contribution in [0.2, 0.25) is 0 Å². The van der Waals surface area contributed by atoms with Crippen LogP contribution in [0.25, 0.3) is 0 Å². The SMILES string of the molecule is CCCCc1ccc(NC(=O)COc2ccc(S(=O)(=O)Nc3cc(C)ccc3C)cc2)cc1. The summed E-state index contributed by atoms with van der Waals surface area (Å²) in [5.74, 6) is 0.121. The average Bonchev–Trinajstić information content (AvgIpc) is 2.80. The molecule has 33 heavy (non-hydrogen) atoms. The lowest BCUT2D eigenvalue weighted by Gasteiger charge is -2.12. The first kappa shape index (κ1) is 24.3. The monoisotopic (exact) mass is 466 g/mol. The summed E-state index contributed by atoms with van der Waals surface area (Å²) in [5.41, 5.74) is 4.31. The fraction of sp³-hybridized carbons (Fsp3) is 0.269. The summed E-state index contributed by atoms with van der Waals surface area (Å²) < 4.78 is 33.6. The van der Waals surface area contributed by atoms with Crippen molar-refractivity contribution in [1.82, 2.24) is 0 Å². The Morgan fingerprint density at radius 3 is 2.30 bits per heavy atom. The predicted octanol–water partition coefficient (Wildman–Crippen LogP) is 5.46. The number of rotatable bonds is 10. The minimum Gasteiger partial charge on any atom is -0.484 e. The Balaban J connectivity index is 1.54. The molecule has 0 aliphatic rings. The number of benzene rings is 3. The lowest BCUT2D eigenvalue weighted by atomic mass is 10.1. The lowest BCUT2D eigenvalue weighted by Crippen LogP contribution is -2.20. The van der Waals surface area contributed by atoms with Gasteiger partial charge in [0, 0.05) is 5.69 Å². The first-order valence-electron chi connectivity index (χ1n) is 11.0. The number of anilines is 2. The molecule has 3 rings (SSSR count). The highest BCUT2D eigenvalue weighted by Crippen LogP contribution is 2.22. The van der Waals surface area contributed by atoms with E-state index in [2.05, 4.69) is 17.0 Å². The zero-order valence-corrected chi connectivity index (χ0v) is 20.0. The summed E-state index contributed by atoms with van der Waals surface area (Å²) in [5, 5.41) is 2.80. The van der Waals surface area contributed by atoms with E-state index in [1.807, 2.05) is 50.2 Å². The maximum atomic E-state index is 12.7. The van der Waals surface area contributed by atoms with E-state index in [1.54, 1.807) is 6.07 Å². The van der Waals surface area contributed by atoms with Crippen molar-refractivity contribution in [1.29, 1.82) is 0 Å². The van der Waals surface area contributed by atoms with Gasteiger partial charge in [-0.05, 0) is 85.8 Å². The van der Waals surface area contributed by atoms with Crippen LogP contribution < -0.4 is 14.8 Å². The van der Waals surface area contributed by atoms with E-state index in [0.717, 1.165) is 30.4 Å². The van der Waals surface area contributed by atoms with Gasteiger partial charge in [0.1, 0.15) is 5.75 Å². The smallest absolute Gasteiger partial charge is 0.262 e. The number of ether oxygens (including phenoxy) is 1. The molecule has 0 unspecified atom stereocenters. The number of sulfonamides is 1. The maximum Gasteiger partial charge on any atom is 0.262 e. The molecule has 0 atom stereocenters. The molecule has 0 saturated carbocycles. The third-order valence-corrected chi connectivity index (χ3v) is 6.58. The van der Waals surface area contributed by atoms with Gasteiger partial charge in [0.2, 0.25) is 0 Å². The predicted molar refractivity (Wildman–Crippen MR) is 132 cm³/mol. The first-order chi connectivity index (χ1) is 15.8. The molecule has 3 aromatic carbocycles. The van der Waals surface area contributed by atoms with Gasteiger partial charge < -0.3 is 10.1 Å². The van der Waals surface area contributed by atoms with E-state index in [1.165, 1.54) is 29.8 Å². The molecule has 6 nitrogen and oxygen atoms in total. The van der Waals surface area contributed by atoms with Crippen molar-refractivity contribution in [3.8, 4) is 5.75 Å². The van der Waals surface area contributed by atoms with Crippen molar-refractivity contribution in [3.05, 3.63) is 83.4 Å². The fourth-order valence-electron chi connectivity index (χ4n) is 3.25. The number of nitrogens with one attached hydrogen (secondary N) is 2. The number of aryl methyl sites for hydroxylation is 3. The Hall–Kier alpha value is -3.32. The summed E-state index contributed by atoms with van der Waals surface area (Å²) in [7, 11) is -3.74. The van der Waals surface area contributed by atoms with Crippen molar-refractivity contribution in [3.63, 3.8) is 0 Å². The topological polar surface area (TPSA) is 84.5 Å². The molecule has 1 amide bonds. The number of hydrogen-bond donors (Lipinski definition) is 2. The normalized spacial score (nSPS) is 11.1. The number of carbonyl (C=O) groups is 1. The highest BCUT2D eigenvalue weighted by atomic mass is 32.2. The molecule has 2 N–H and O–H groups in total. The van der Waals surface area contributed by atoms with Crippen LogP contribution in [0, 0.1) is 13.8 Å².